The molecule has 0 aliphatic heterocycles. The van der Waals surface area contributed by atoms with Gasteiger partial charge in [-0.1, -0.05) is 13.3 Å². The quantitative estimate of drug-likeness (QED) is 0.487. The molecule has 3 nitrogen and oxygen atoms in total. The van der Waals surface area contributed by atoms with E-state index in [1.165, 1.54) is 0 Å². The van der Waals surface area contributed by atoms with E-state index < -0.39 is 0 Å². The van der Waals surface area contributed by atoms with Gasteiger partial charge in [-0.05, 0) is 37.1 Å². The summed E-state index contributed by atoms with van der Waals surface area (Å²) in [5.74, 6) is 0. The average Bonchev–Trinajstić information content (AvgIpc) is 2.15. The van der Waals surface area contributed by atoms with E-state index in [1.54, 1.807) is 0 Å². The smallest absolute Gasteiger partial charge is 0.0745 e. The fourth-order valence-electron chi connectivity index (χ4n) is 1.15. The van der Waals surface area contributed by atoms with Crippen LogP contribution in [-0.2, 0) is 4.84 Å². The monoisotopic (exact) mass is 266 g/mol. The molecule has 0 unspecified atom stereocenters. The Labute approximate surface area is 110 Å². The van der Waals surface area contributed by atoms with Crippen LogP contribution in [0.2, 0.25) is 0 Å². The van der Waals surface area contributed by atoms with Crippen LogP contribution in [0.1, 0.15) is 25.3 Å². The summed E-state index contributed by atoms with van der Waals surface area (Å²) in [7, 11) is 0. The van der Waals surface area contributed by atoms with Gasteiger partial charge in [0, 0.05) is 5.69 Å². The van der Waals surface area contributed by atoms with Crippen molar-refractivity contribution in [1.29, 1.82) is 0 Å². The van der Waals surface area contributed by atoms with Crippen LogP contribution < -0.4 is 11.2 Å². The summed E-state index contributed by atoms with van der Waals surface area (Å²) in [6, 6.07) is 5.71. The molecule has 3 N–H and O–H groups in total. The van der Waals surface area contributed by atoms with Crippen LogP contribution in [-0.4, -0.2) is 6.61 Å². The molecule has 0 heterocycles. The van der Waals surface area contributed by atoms with Gasteiger partial charge in [-0.3, -0.25) is 10.3 Å². The molecule has 0 amide bonds. The summed E-state index contributed by atoms with van der Waals surface area (Å²) in [5, 5.41) is 0. The summed E-state index contributed by atoms with van der Waals surface area (Å²) in [4.78, 5) is 5.29. The lowest BCUT2D eigenvalue weighted by molar-refractivity contribution is 0.189. The molecular weight excluding hydrogens is 247 g/mol. The van der Waals surface area contributed by atoms with Gasteiger partial charge in [0.25, 0.3) is 0 Å². The first-order valence-electron chi connectivity index (χ1n) is 4.98. The number of rotatable bonds is 5. The molecule has 0 aliphatic rings. The molecule has 0 bridgehead atoms. The zero-order valence-electron chi connectivity index (χ0n) is 9.66. The van der Waals surface area contributed by atoms with E-state index >= 15 is 0 Å². The van der Waals surface area contributed by atoms with E-state index in [9.17, 15) is 0 Å². The van der Waals surface area contributed by atoms with Crippen LogP contribution in [0.4, 0.5) is 11.4 Å². The maximum atomic E-state index is 5.64. The van der Waals surface area contributed by atoms with E-state index in [0.29, 0.717) is 0 Å². The number of nitrogen functional groups attached to an aromatic ring is 1. The van der Waals surface area contributed by atoms with Crippen LogP contribution >= 0.6 is 24.8 Å². The minimum atomic E-state index is 0. The minimum Gasteiger partial charge on any atom is -0.399 e. The molecular formula is C11H20Cl2N2O. The number of aryl methyl sites for hydroxylation is 1. The Morgan fingerprint density at radius 1 is 1.31 bits per heavy atom. The number of halogens is 2. The van der Waals surface area contributed by atoms with Gasteiger partial charge in [-0.15, -0.1) is 24.8 Å². The van der Waals surface area contributed by atoms with Gasteiger partial charge in [0.1, 0.15) is 0 Å². The topological polar surface area (TPSA) is 47.3 Å². The van der Waals surface area contributed by atoms with E-state index in [2.05, 4.69) is 12.4 Å². The van der Waals surface area contributed by atoms with Gasteiger partial charge in [-0.2, -0.15) is 0 Å². The van der Waals surface area contributed by atoms with Crippen molar-refractivity contribution in [2.24, 2.45) is 0 Å². The predicted molar refractivity (Wildman–Crippen MR) is 74.6 cm³/mol. The third-order valence-corrected chi connectivity index (χ3v) is 2.03. The highest BCUT2D eigenvalue weighted by Gasteiger charge is 1.97. The Morgan fingerprint density at radius 3 is 2.56 bits per heavy atom. The number of hydrogen-bond donors (Lipinski definition) is 2. The lowest BCUT2D eigenvalue weighted by Gasteiger charge is -2.09. The largest absolute Gasteiger partial charge is 0.399 e. The fraction of sp³-hybridized carbons (Fsp3) is 0.455. The van der Waals surface area contributed by atoms with Gasteiger partial charge < -0.3 is 5.73 Å². The van der Waals surface area contributed by atoms with Gasteiger partial charge in [-0.25, -0.2) is 0 Å². The minimum absolute atomic E-state index is 0. The van der Waals surface area contributed by atoms with Crippen molar-refractivity contribution in [3.05, 3.63) is 23.8 Å². The summed E-state index contributed by atoms with van der Waals surface area (Å²) >= 11 is 0. The first kappa shape index (κ1) is 17.7. The molecule has 0 saturated carbocycles. The average molecular weight is 267 g/mol. The first-order valence-corrected chi connectivity index (χ1v) is 4.98. The van der Waals surface area contributed by atoms with Gasteiger partial charge in [0.05, 0.1) is 12.3 Å². The molecule has 16 heavy (non-hydrogen) atoms. The summed E-state index contributed by atoms with van der Waals surface area (Å²) in [6.07, 6.45) is 2.21. The molecule has 0 radical (unpaired) electrons. The number of nitrogens with one attached hydrogen (secondary N) is 1. The van der Waals surface area contributed by atoms with Crippen LogP contribution in [0.15, 0.2) is 18.2 Å². The molecule has 0 aromatic heterocycles. The van der Waals surface area contributed by atoms with E-state index in [1.807, 2.05) is 25.1 Å². The highest BCUT2D eigenvalue weighted by Crippen LogP contribution is 2.17. The Kier molecular flexibility index (Phi) is 10.6. The second-order valence-corrected chi connectivity index (χ2v) is 3.38. The first-order chi connectivity index (χ1) is 6.74. The number of benzene rings is 1. The van der Waals surface area contributed by atoms with Crippen molar-refractivity contribution in [1.82, 2.24) is 0 Å². The molecule has 94 valence electrons. The Morgan fingerprint density at radius 2 is 2.00 bits per heavy atom. The van der Waals surface area contributed by atoms with Gasteiger partial charge in [0.15, 0.2) is 0 Å². The number of unbranched alkanes of at least 4 members (excludes halogenated alkanes) is 1. The molecule has 0 saturated heterocycles. The number of anilines is 2. The molecule has 0 aliphatic carbocycles. The van der Waals surface area contributed by atoms with Crippen LogP contribution in [0, 0.1) is 6.92 Å². The maximum Gasteiger partial charge on any atom is 0.0745 e. The highest BCUT2D eigenvalue weighted by molar-refractivity contribution is 5.85. The normalized spacial score (nSPS) is 8.88. The number of nitrogens with two attached hydrogens (primary N) is 1. The number of hydrogen-bond acceptors (Lipinski definition) is 3. The lowest BCUT2D eigenvalue weighted by atomic mass is 10.2. The van der Waals surface area contributed by atoms with E-state index in [4.69, 9.17) is 10.6 Å². The molecule has 1 aromatic rings. The maximum absolute atomic E-state index is 5.64. The zero-order chi connectivity index (χ0) is 10.4. The SMILES string of the molecule is CCCCONc1ccc(N)cc1C.Cl.Cl. The third kappa shape index (κ3) is 6.05. The summed E-state index contributed by atoms with van der Waals surface area (Å²) in [6.45, 7) is 4.88. The Bertz CT molecular complexity index is 295. The third-order valence-electron chi connectivity index (χ3n) is 2.03. The van der Waals surface area contributed by atoms with Crippen LogP contribution in [0.3, 0.4) is 0 Å². The molecule has 0 fully saturated rings. The Balaban J connectivity index is 0. The van der Waals surface area contributed by atoms with Crippen molar-refractivity contribution in [3.8, 4) is 0 Å². The molecule has 1 rings (SSSR count). The van der Waals surface area contributed by atoms with E-state index in [0.717, 1.165) is 36.4 Å². The molecule has 5 heteroatoms. The second kappa shape index (κ2) is 9.58. The summed E-state index contributed by atoms with van der Waals surface area (Å²) in [5.41, 5.74) is 11.4. The summed E-state index contributed by atoms with van der Waals surface area (Å²) < 4.78 is 0. The lowest BCUT2D eigenvalue weighted by Crippen LogP contribution is -2.04. The standard InChI is InChI=1S/C11H18N2O.2ClH/c1-3-4-7-14-13-11-6-5-10(12)8-9(11)2;;/h5-6,8,13H,3-4,7,12H2,1-2H3;2*1H. The zero-order valence-corrected chi connectivity index (χ0v) is 11.3. The van der Waals surface area contributed by atoms with Crippen molar-refractivity contribution < 1.29 is 4.84 Å². The van der Waals surface area contributed by atoms with Crippen molar-refractivity contribution in [3.63, 3.8) is 0 Å². The Hall–Kier alpha value is -0.640. The fourth-order valence-corrected chi connectivity index (χ4v) is 1.15. The van der Waals surface area contributed by atoms with Crippen LogP contribution in [0.5, 0.6) is 0 Å². The van der Waals surface area contributed by atoms with Gasteiger partial charge >= 0.3 is 0 Å². The van der Waals surface area contributed by atoms with Crippen molar-refractivity contribution >= 4 is 36.2 Å². The molecule has 0 atom stereocenters. The highest BCUT2D eigenvalue weighted by atomic mass is 35.5. The second-order valence-electron chi connectivity index (χ2n) is 3.38. The van der Waals surface area contributed by atoms with Crippen molar-refractivity contribution in [2.45, 2.75) is 26.7 Å². The van der Waals surface area contributed by atoms with E-state index in [-0.39, 0.29) is 24.8 Å². The predicted octanol–water partition coefficient (Wildman–Crippen LogP) is 3.56. The molecule has 1 aromatic carbocycles. The molecule has 0 spiro atoms. The van der Waals surface area contributed by atoms with Crippen LogP contribution in [0.25, 0.3) is 0 Å². The van der Waals surface area contributed by atoms with Crippen molar-refractivity contribution in [2.75, 3.05) is 17.8 Å². The van der Waals surface area contributed by atoms with Gasteiger partial charge in [0.2, 0.25) is 0 Å².